The Morgan fingerprint density at radius 3 is 2.33 bits per heavy atom. The van der Waals surface area contributed by atoms with Crippen molar-refractivity contribution in [3.8, 4) is 0 Å². The minimum absolute atomic E-state index is 0.160. The number of nitrogens with zero attached hydrogens (tertiary/aromatic N) is 2. The number of aromatic nitrogens is 1. The van der Waals surface area contributed by atoms with Crippen LogP contribution in [0.1, 0.15) is 54.0 Å². The van der Waals surface area contributed by atoms with Gasteiger partial charge in [-0.05, 0) is 49.2 Å². The molecule has 0 saturated heterocycles. The van der Waals surface area contributed by atoms with Crippen molar-refractivity contribution in [2.24, 2.45) is 11.6 Å². The number of aryl methyl sites for hydroxylation is 1. The molecule has 7 heteroatoms. The summed E-state index contributed by atoms with van der Waals surface area (Å²) in [5.74, 6) is 6.14. The normalized spacial score (nSPS) is 11.9. The van der Waals surface area contributed by atoms with Gasteiger partial charge in [-0.1, -0.05) is 26.0 Å². The highest BCUT2D eigenvalue weighted by Gasteiger charge is 2.13. The van der Waals surface area contributed by atoms with Gasteiger partial charge in [-0.25, -0.2) is 15.6 Å². The largest absolute Gasteiger partial charge is 0.465 e. The van der Waals surface area contributed by atoms with Crippen LogP contribution in [0.5, 0.6) is 0 Å². The molecule has 0 aliphatic carbocycles. The lowest BCUT2D eigenvalue weighted by molar-refractivity contribution is 0.0600. The minimum atomic E-state index is -0.379. The fraction of sp³-hybridized carbons (Fsp3) is 0.300. The van der Waals surface area contributed by atoms with Gasteiger partial charge in [-0.15, -0.1) is 0 Å². The molecule has 2 rings (SSSR count). The number of rotatable bonds is 5. The summed E-state index contributed by atoms with van der Waals surface area (Å²) in [5.41, 5.74) is 15.2. The maximum absolute atomic E-state index is 11.5. The topological polar surface area (TPSA) is 120 Å². The van der Waals surface area contributed by atoms with Crippen LogP contribution in [0, 0.1) is 6.92 Å². The van der Waals surface area contributed by atoms with Crippen LogP contribution in [-0.4, -0.2) is 23.1 Å². The number of hydrogen-bond acceptors (Lipinski definition) is 7. The smallest absolute Gasteiger partial charge is 0.337 e. The van der Waals surface area contributed by atoms with E-state index in [4.69, 9.17) is 17.3 Å². The predicted octanol–water partition coefficient (Wildman–Crippen LogP) is 2.98. The lowest BCUT2D eigenvalue weighted by Crippen LogP contribution is -2.29. The van der Waals surface area contributed by atoms with E-state index in [0.717, 1.165) is 11.1 Å². The summed E-state index contributed by atoms with van der Waals surface area (Å²) >= 11 is 0. The van der Waals surface area contributed by atoms with Crippen LogP contribution in [0.25, 0.3) is 5.70 Å². The molecule has 146 valence electrons. The van der Waals surface area contributed by atoms with Gasteiger partial charge in [-0.2, -0.15) is 0 Å². The summed E-state index contributed by atoms with van der Waals surface area (Å²) in [6.07, 6.45) is 1.61. The van der Waals surface area contributed by atoms with E-state index in [1.807, 2.05) is 45.9 Å². The Hall–Kier alpha value is -3.06. The summed E-state index contributed by atoms with van der Waals surface area (Å²) < 4.78 is 4.69. The molecule has 0 spiro atoms. The molecule has 0 radical (unpaired) electrons. The molecule has 1 heterocycles. The molecule has 7 nitrogen and oxygen atoms in total. The number of nitrogens with two attached hydrogens (primary N) is 3. The number of ether oxygens (including phenoxy) is 1. The quantitative estimate of drug-likeness (QED) is 0.420. The van der Waals surface area contributed by atoms with Crippen molar-refractivity contribution in [1.82, 2.24) is 9.99 Å². The van der Waals surface area contributed by atoms with Crippen LogP contribution in [0.4, 0.5) is 5.82 Å². The van der Waals surface area contributed by atoms with Crippen LogP contribution in [0.3, 0.4) is 0 Å². The third-order valence-corrected chi connectivity index (χ3v) is 3.83. The molecule has 1 unspecified atom stereocenters. The summed E-state index contributed by atoms with van der Waals surface area (Å²) in [6, 6.07) is 10.5. The van der Waals surface area contributed by atoms with Crippen LogP contribution in [0.2, 0.25) is 0 Å². The molecule has 0 aliphatic heterocycles. The number of methoxy groups -OCH3 is 1. The highest BCUT2D eigenvalue weighted by molar-refractivity contribution is 5.89. The maximum Gasteiger partial charge on any atom is 0.337 e. The zero-order valence-electron chi connectivity index (χ0n) is 16.6. The number of nitrogen functional groups attached to an aromatic ring is 1. The molecule has 0 aliphatic rings. The first-order chi connectivity index (χ1) is 12.8. The van der Waals surface area contributed by atoms with Crippen molar-refractivity contribution < 1.29 is 9.53 Å². The standard InChI is InChI=1S/C18H23N5O2.C2H6/c1-11-8-16(22-17(20)9-11)15(19)10-23(21)12(2)13-4-6-14(7-5-13)18(24)25-3;1-2/h4-10,12H,19,21H2,1-3H3,(H2,20,22);1-2H3/b15-10-;. The SMILES string of the molecule is CC.COC(=O)c1ccc(C(C)N(N)/C=C(\N)c2cc(C)cc(N)n2)cc1. The molecule has 27 heavy (non-hydrogen) atoms. The Kier molecular flexibility index (Phi) is 8.29. The number of benzene rings is 1. The average Bonchev–Trinajstić information content (AvgIpc) is 2.67. The molecule has 1 aromatic heterocycles. The third-order valence-electron chi connectivity index (χ3n) is 3.83. The van der Waals surface area contributed by atoms with Crippen molar-refractivity contribution in [2.75, 3.05) is 12.8 Å². The first kappa shape index (κ1) is 22.0. The van der Waals surface area contributed by atoms with Gasteiger partial charge in [0.05, 0.1) is 30.1 Å². The van der Waals surface area contributed by atoms with Gasteiger partial charge in [0.2, 0.25) is 0 Å². The zero-order chi connectivity index (χ0) is 20.6. The Bertz CT molecular complexity index is 767. The summed E-state index contributed by atoms with van der Waals surface area (Å²) in [4.78, 5) is 15.7. The van der Waals surface area contributed by atoms with E-state index in [1.165, 1.54) is 12.1 Å². The molecule has 2 aromatic rings. The summed E-state index contributed by atoms with van der Waals surface area (Å²) in [6.45, 7) is 7.84. The number of hydrazine groups is 1. The number of carbonyl (C=O) groups is 1. The molecule has 1 atom stereocenters. The van der Waals surface area contributed by atoms with Crippen molar-refractivity contribution in [3.63, 3.8) is 0 Å². The predicted molar refractivity (Wildman–Crippen MR) is 109 cm³/mol. The second kappa shape index (κ2) is 10.2. The molecular formula is C20H29N5O2. The van der Waals surface area contributed by atoms with E-state index >= 15 is 0 Å². The van der Waals surface area contributed by atoms with E-state index in [2.05, 4.69) is 9.72 Å². The van der Waals surface area contributed by atoms with E-state index in [0.29, 0.717) is 22.8 Å². The second-order valence-electron chi connectivity index (χ2n) is 5.78. The Labute approximate surface area is 160 Å². The van der Waals surface area contributed by atoms with E-state index in [9.17, 15) is 4.79 Å². The van der Waals surface area contributed by atoms with Gasteiger partial charge < -0.3 is 21.2 Å². The van der Waals surface area contributed by atoms with Crippen molar-refractivity contribution in [3.05, 3.63) is 65.0 Å². The van der Waals surface area contributed by atoms with Crippen molar-refractivity contribution in [2.45, 2.75) is 33.7 Å². The van der Waals surface area contributed by atoms with Gasteiger partial charge in [0, 0.05) is 6.20 Å². The summed E-state index contributed by atoms with van der Waals surface area (Å²) in [7, 11) is 1.35. The van der Waals surface area contributed by atoms with Crippen LogP contribution < -0.4 is 17.3 Å². The Morgan fingerprint density at radius 2 is 1.81 bits per heavy atom. The van der Waals surface area contributed by atoms with Crippen LogP contribution in [0.15, 0.2) is 42.6 Å². The number of anilines is 1. The van der Waals surface area contributed by atoms with Gasteiger partial charge >= 0.3 is 5.97 Å². The number of hydrogen-bond donors (Lipinski definition) is 3. The number of esters is 1. The molecule has 0 fully saturated rings. The summed E-state index contributed by atoms with van der Waals surface area (Å²) in [5, 5.41) is 1.49. The fourth-order valence-electron chi connectivity index (χ4n) is 2.37. The lowest BCUT2D eigenvalue weighted by atomic mass is 10.1. The third kappa shape index (κ3) is 6.00. The molecule has 0 amide bonds. The van der Waals surface area contributed by atoms with Crippen LogP contribution in [-0.2, 0) is 4.74 Å². The fourth-order valence-corrected chi connectivity index (χ4v) is 2.37. The molecule has 1 aromatic carbocycles. The van der Waals surface area contributed by atoms with E-state index < -0.39 is 0 Å². The minimum Gasteiger partial charge on any atom is -0.465 e. The molecular weight excluding hydrogens is 342 g/mol. The van der Waals surface area contributed by atoms with E-state index in [1.54, 1.807) is 24.4 Å². The van der Waals surface area contributed by atoms with Crippen LogP contribution >= 0.6 is 0 Å². The first-order valence-corrected chi connectivity index (χ1v) is 8.75. The zero-order valence-corrected chi connectivity index (χ0v) is 16.6. The monoisotopic (exact) mass is 371 g/mol. The first-order valence-electron chi connectivity index (χ1n) is 8.75. The molecule has 6 N–H and O–H groups in total. The van der Waals surface area contributed by atoms with Gasteiger partial charge in [0.15, 0.2) is 0 Å². The average molecular weight is 371 g/mol. The number of carbonyl (C=O) groups excluding carboxylic acids is 1. The Morgan fingerprint density at radius 1 is 1.22 bits per heavy atom. The maximum atomic E-state index is 11.5. The Balaban J connectivity index is 0.00000176. The molecule has 0 saturated carbocycles. The highest BCUT2D eigenvalue weighted by Crippen LogP contribution is 2.20. The van der Waals surface area contributed by atoms with Gasteiger partial charge in [-0.3, -0.25) is 0 Å². The number of pyridine rings is 1. The van der Waals surface area contributed by atoms with Gasteiger partial charge in [0.25, 0.3) is 0 Å². The molecule has 0 bridgehead atoms. The second-order valence-corrected chi connectivity index (χ2v) is 5.78. The van der Waals surface area contributed by atoms with E-state index in [-0.39, 0.29) is 12.0 Å². The van der Waals surface area contributed by atoms with Crippen molar-refractivity contribution >= 4 is 17.5 Å². The van der Waals surface area contributed by atoms with Gasteiger partial charge in [0.1, 0.15) is 5.82 Å². The lowest BCUT2D eigenvalue weighted by Gasteiger charge is -2.23. The highest BCUT2D eigenvalue weighted by atomic mass is 16.5. The van der Waals surface area contributed by atoms with Crippen molar-refractivity contribution in [1.29, 1.82) is 0 Å².